The lowest BCUT2D eigenvalue weighted by Crippen LogP contribution is -1.86. The molecule has 0 aliphatic carbocycles. The Bertz CT molecular complexity index is 443. The predicted octanol–water partition coefficient (Wildman–Crippen LogP) is 1.34. The summed E-state index contributed by atoms with van der Waals surface area (Å²) in [5.41, 5.74) is 0.754. The van der Waals surface area contributed by atoms with Crippen molar-refractivity contribution in [3.63, 3.8) is 0 Å². The third-order valence-electron chi connectivity index (χ3n) is 1.81. The van der Waals surface area contributed by atoms with E-state index in [-0.39, 0.29) is 5.75 Å². The molecule has 0 radical (unpaired) electrons. The highest BCUT2D eigenvalue weighted by atomic mass is 16.5. The Hall–Kier alpha value is -1.84. The van der Waals surface area contributed by atoms with Crippen LogP contribution in [0.1, 0.15) is 0 Å². The molecule has 1 heterocycles. The fraction of sp³-hybridized carbons (Fsp3) is 0.111. The van der Waals surface area contributed by atoms with Gasteiger partial charge in [-0.2, -0.15) is 0 Å². The lowest BCUT2D eigenvalue weighted by molar-refractivity contribution is 0.374. The van der Waals surface area contributed by atoms with Crippen molar-refractivity contribution < 1.29 is 9.84 Å². The molecule has 13 heavy (non-hydrogen) atoms. The summed E-state index contributed by atoms with van der Waals surface area (Å²) in [6, 6.07) is 3.25. The topological polar surface area (TPSA) is 55.2 Å². The van der Waals surface area contributed by atoms with Crippen LogP contribution in [0.3, 0.4) is 0 Å². The van der Waals surface area contributed by atoms with Gasteiger partial charge in [0.05, 0.1) is 12.6 Å². The minimum absolute atomic E-state index is 0.102. The Morgan fingerprint density at radius 3 is 3.00 bits per heavy atom. The van der Waals surface area contributed by atoms with Crippen LogP contribution in [0.5, 0.6) is 11.5 Å². The highest BCUT2D eigenvalue weighted by Gasteiger charge is 2.03. The van der Waals surface area contributed by atoms with Crippen molar-refractivity contribution >= 4 is 10.9 Å². The molecular weight excluding hydrogens is 168 g/mol. The number of rotatable bonds is 1. The summed E-state index contributed by atoms with van der Waals surface area (Å²) in [7, 11) is 1.50. The molecule has 2 aromatic rings. The number of methoxy groups -OCH3 is 1. The number of phenols is 1. The zero-order chi connectivity index (χ0) is 9.26. The van der Waals surface area contributed by atoms with Crippen molar-refractivity contribution in [3.8, 4) is 11.5 Å². The van der Waals surface area contributed by atoms with Gasteiger partial charge in [0.25, 0.3) is 0 Å². The van der Waals surface area contributed by atoms with Crippen molar-refractivity contribution in [3.05, 3.63) is 24.7 Å². The minimum Gasteiger partial charge on any atom is -0.504 e. The van der Waals surface area contributed by atoms with Crippen LogP contribution in [0.4, 0.5) is 0 Å². The summed E-state index contributed by atoms with van der Waals surface area (Å²) in [5, 5.41) is 10.2. The monoisotopic (exact) mass is 176 g/mol. The van der Waals surface area contributed by atoms with E-state index in [1.807, 2.05) is 0 Å². The maximum Gasteiger partial charge on any atom is 0.162 e. The average molecular weight is 176 g/mol. The van der Waals surface area contributed by atoms with Crippen LogP contribution in [0.15, 0.2) is 24.7 Å². The van der Waals surface area contributed by atoms with Gasteiger partial charge in [-0.1, -0.05) is 0 Å². The van der Waals surface area contributed by atoms with Gasteiger partial charge in [-0.05, 0) is 6.07 Å². The summed E-state index contributed by atoms with van der Waals surface area (Å²) in [6.07, 6.45) is 3.10. The molecule has 0 saturated heterocycles. The smallest absolute Gasteiger partial charge is 0.162 e. The Labute approximate surface area is 74.8 Å². The summed E-state index contributed by atoms with van der Waals surface area (Å²) in [6.45, 7) is 0. The van der Waals surface area contributed by atoms with Crippen LogP contribution in [-0.2, 0) is 0 Å². The molecule has 4 heteroatoms. The van der Waals surface area contributed by atoms with E-state index in [2.05, 4.69) is 9.97 Å². The number of aromatic nitrogens is 2. The van der Waals surface area contributed by atoms with Gasteiger partial charge < -0.3 is 9.84 Å². The SMILES string of the molecule is COc1cc2ncncc2cc1O. The quantitative estimate of drug-likeness (QED) is 0.712. The second-order valence-corrected chi connectivity index (χ2v) is 2.61. The van der Waals surface area contributed by atoms with Crippen LogP contribution in [0.2, 0.25) is 0 Å². The standard InChI is InChI=1S/C9H8N2O2/c1-13-9-3-7-6(2-8(9)12)4-10-5-11-7/h2-5,12H,1H3. The normalized spacial score (nSPS) is 10.2. The highest BCUT2D eigenvalue weighted by molar-refractivity contribution is 5.81. The van der Waals surface area contributed by atoms with Gasteiger partial charge in [0.2, 0.25) is 0 Å². The number of aromatic hydroxyl groups is 1. The number of benzene rings is 1. The van der Waals surface area contributed by atoms with Gasteiger partial charge >= 0.3 is 0 Å². The van der Waals surface area contributed by atoms with E-state index in [1.54, 1.807) is 18.3 Å². The van der Waals surface area contributed by atoms with Crippen LogP contribution in [0.25, 0.3) is 10.9 Å². The van der Waals surface area contributed by atoms with Crippen LogP contribution in [-0.4, -0.2) is 22.2 Å². The van der Waals surface area contributed by atoms with Crippen LogP contribution >= 0.6 is 0 Å². The minimum atomic E-state index is 0.102. The highest BCUT2D eigenvalue weighted by Crippen LogP contribution is 2.29. The van der Waals surface area contributed by atoms with Crippen LogP contribution < -0.4 is 4.74 Å². The fourth-order valence-electron chi connectivity index (χ4n) is 1.16. The van der Waals surface area contributed by atoms with Crippen molar-refractivity contribution in [2.45, 2.75) is 0 Å². The molecule has 0 fully saturated rings. The van der Waals surface area contributed by atoms with E-state index in [4.69, 9.17) is 4.74 Å². The molecule has 0 atom stereocenters. The molecular formula is C9H8N2O2. The van der Waals surface area contributed by atoms with E-state index < -0.39 is 0 Å². The average Bonchev–Trinajstić information content (AvgIpc) is 2.17. The first-order valence-corrected chi connectivity index (χ1v) is 3.78. The van der Waals surface area contributed by atoms with Gasteiger partial charge in [0, 0.05) is 17.6 Å². The largest absolute Gasteiger partial charge is 0.504 e. The zero-order valence-electron chi connectivity index (χ0n) is 7.06. The van der Waals surface area contributed by atoms with E-state index in [1.165, 1.54) is 13.4 Å². The molecule has 0 unspecified atom stereocenters. The Balaban J connectivity index is 2.74. The zero-order valence-corrected chi connectivity index (χ0v) is 7.06. The number of hydrogen-bond donors (Lipinski definition) is 1. The molecule has 1 aromatic carbocycles. The second-order valence-electron chi connectivity index (χ2n) is 2.61. The van der Waals surface area contributed by atoms with Gasteiger partial charge in [0.15, 0.2) is 11.5 Å². The van der Waals surface area contributed by atoms with Gasteiger partial charge in [-0.25, -0.2) is 9.97 Å². The molecule has 66 valence electrons. The van der Waals surface area contributed by atoms with E-state index in [0.29, 0.717) is 5.75 Å². The molecule has 4 nitrogen and oxygen atoms in total. The number of nitrogens with zero attached hydrogens (tertiary/aromatic N) is 2. The van der Waals surface area contributed by atoms with Crippen LogP contribution in [0, 0.1) is 0 Å². The Kier molecular flexibility index (Phi) is 1.73. The third kappa shape index (κ3) is 1.26. The lowest BCUT2D eigenvalue weighted by Gasteiger charge is -2.03. The maximum atomic E-state index is 9.43. The van der Waals surface area contributed by atoms with E-state index in [9.17, 15) is 5.11 Å². The number of fused-ring (bicyclic) bond motifs is 1. The molecule has 1 N–H and O–H groups in total. The molecule has 0 saturated carbocycles. The summed E-state index contributed by atoms with van der Waals surface area (Å²) < 4.78 is 4.94. The number of phenolic OH excluding ortho intramolecular Hbond substituents is 1. The van der Waals surface area contributed by atoms with E-state index in [0.717, 1.165) is 10.9 Å². The molecule has 0 aliphatic rings. The molecule has 0 spiro atoms. The van der Waals surface area contributed by atoms with Crippen molar-refractivity contribution in [1.29, 1.82) is 0 Å². The summed E-state index contributed by atoms with van der Waals surface area (Å²) in [5.74, 6) is 0.524. The molecule has 1 aromatic heterocycles. The van der Waals surface area contributed by atoms with Crippen molar-refractivity contribution in [2.24, 2.45) is 0 Å². The second kappa shape index (κ2) is 2.90. The number of hydrogen-bond acceptors (Lipinski definition) is 4. The molecule has 0 aliphatic heterocycles. The van der Waals surface area contributed by atoms with Gasteiger partial charge in [-0.3, -0.25) is 0 Å². The third-order valence-corrected chi connectivity index (χ3v) is 1.81. The fourth-order valence-corrected chi connectivity index (χ4v) is 1.16. The summed E-state index contributed by atoms with van der Waals surface area (Å²) in [4.78, 5) is 7.88. The Morgan fingerprint density at radius 2 is 2.23 bits per heavy atom. The predicted molar refractivity (Wildman–Crippen MR) is 47.8 cm³/mol. The first-order chi connectivity index (χ1) is 6.31. The molecule has 0 bridgehead atoms. The molecule has 2 rings (SSSR count). The number of ether oxygens (including phenoxy) is 1. The summed E-state index contributed by atoms with van der Waals surface area (Å²) >= 11 is 0. The van der Waals surface area contributed by atoms with Gasteiger partial charge in [0.1, 0.15) is 6.33 Å². The Morgan fingerprint density at radius 1 is 1.38 bits per heavy atom. The first-order valence-electron chi connectivity index (χ1n) is 3.78. The lowest BCUT2D eigenvalue weighted by atomic mass is 10.2. The first kappa shape index (κ1) is 7.79. The maximum absolute atomic E-state index is 9.43. The molecule has 0 amide bonds. The van der Waals surface area contributed by atoms with E-state index >= 15 is 0 Å². The van der Waals surface area contributed by atoms with Crippen molar-refractivity contribution in [2.75, 3.05) is 7.11 Å². The van der Waals surface area contributed by atoms with Gasteiger partial charge in [-0.15, -0.1) is 0 Å². The van der Waals surface area contributed by atoms with Crippen molar-refractivity contribution in [1.82, 2.24) is 9.97 Å².